The van der Waals surface area contributed by atoms with E-state index >= 15 is 0 Å². The van der Waals surface area contributed by atoms with Crippen LogP contribution >= 0.6 is 0 Å². The number of hydrogen-bond donors (Lipinski definition) is 2. The number of nitrogens with two attached hydrogens (primary N) is 1. The van der Waals surface area contributed by atoms with Gasteiger partial charge in [0, 0.05) is 19.6 Å². The maximum absolute atomic E-state index is 12.0. The van der Waals surface area contributed by atoms with Gasteiger partial charge in [-0.2, -0.15) is 20.4 Å². The van der Waals surface area contributed by atoms with Crippen molar-refractivity contribution in [1.29, 1.82) is 5.26 Å². The highest BCUT2D eigenvalue weighted by molar-refractivity contribution is 5.93. The normalized spacial score (nSPS) is 14.8. The molecule has 3 N–H and O–H groups in total. The van der Waals surface area contributed by atoms with Gasteiger partial charge in [0.15, 0.2) is 0 Å². The molecule has 2 aromatic heterocycles. The summed E-state index contributed by atoms with van der Waals surface area (Å²) in [5.74, 6) is 1.00. The Balaban J connectivity index is 1.50. The van der Waals surface area contributed by atoms with Crippen LogP contribution in [0.1, 0.15) is 28.8 Å². The summed E-state index contributed by atoms with van der Waals surface area (Å²) < 4.78 is 0. The van der Waals surface area contributed by atoms with Gasteiger partial charge in [-0.05, 0) is 24.8 Å². The molecule has 3 heterocycles. The summed E-state index contributed by atoms with van der Waals surface area (Å²) in [6, 6.07) is 3.59. The quantitative estimate of drug-likeness (QED) is 0.816. The Morgan fingerprint density at radius 3 is 2.80 bits per heavy atom. The largest absolute Gasteiger partial charge is 0.382 e. The van der Waals surface area contributed by atoms with Crippen LogP contribution in [-0.2, 0) is 0 Å². The number of rotatable bonds is 4. The average molecular weight is 338 g/mol. The number of amides is 1. The number of nitriles is 1. The molecule has 0 bridgehead atoms. The lowest BCUT2D eigenvalue weighted by Crippen LogP contribution is -2.39. The van der Waals surface area contributed by atoms with Gasteiger partial charge < -0.3 is 16.0 Å². The lowest BCUT2D eigenvalue weighted by atomic mass is 9.97. The maximum Gasteiger partial charge on any atom is 0.252 e. The van der Waals surface area contributed by atoms with Gasteiger partial charge in [-0.3, -0.25) is 4.79 Å². The van der Waals surface area contributed by atoms with Crippen LogP contribution in [0.4, 0.5) is 11.8 Å². The molecule has 1 aliphatic heterocycles. The van der Waals surface area contributed by atoms with Crippen LogP contribution in [0.3, 0.4) is 0 Å². The predicted octanol–water partition coefficient (Wildman–Crippen LogP) is 0.367. The summed E-state index contributed by atoms with van der Waals surface area (Å²) >= 11 is 0. The first-order valence-electron chi connectivity index (χ1n) is 8.00. The third kappa shape index (κ3) is 3.98. The Morgan fingerprint density at radius 2 is 2.16 bits per heavy atom. The molecule has 1 saturated heterocycles. The topological polar surface area (TPSA) is 134 Å². The zero-order valence-electron chi connectivity index (χ0n) is 13.6. The molecule has 1 fully saturated rings. The molecule has 9 nitrogen and oxygen atoms in total. The Kier molecular flexibility index (Phi) is 4.99. The third-order valence-electron chi connectivity index (χ3n) is 4.22. The smallest absolute Gasteiger partial charge is 0.252 e. The fraction of sp³-hybridized carbons (Fsp3) is 0.375. The highest BCUT2D eigenvalue weighted by atomic mass is 16.1. The Morgan fingerprint density at radius 1 is 1.36 bits per heavy atom. The fourth-order valence-electron chi connectivity index (χ4n) is 2.72. The number of aromatic nitrogens is 4. The maximum atomic E-state index is 12.0. The second-order valence-corrected chi connectivity index (χ2v) is 5.85. The summed E-state index contributed by atoms with van der Waals surface area (Å²) in [5.41, 5.74) is 6.54. The number of anilines is 2. The van der Waals surface area contributed by atoms with Crippen LogP contribution in [0.5, 0.6) is 0 Å². The molecule has 0 spiro atoms. The first-order valence-corrected chi connectivity index (χ1v) is 8.00. The second-order valence-electron chi connectivity index (χ2n) is 5.85. The van der Waals surface area contributed by atoms with E-state index < -0.39 is 0 Å². The lowest BCUT2D eigenvalue weighted by Gasteiger charge is -2.32. The van der Waals surface area contributed by atoms with E-state index in [4.69, 9.17) is 11.0 Å². The molecule has 1 aliphatic rings. The van der Waals surface area contributed by atoms with E-state index in [9.17, 15) is 4.79 Å². The van der Waals surface area contributed by atoms with E-state index in [1.807, 2.05) is 11.0 Å². The number of hydrogen-bond acceptors (Lipinski definition) is 8. The van der Waals surface area contributed by atoms with Crippen molar-refractivity contribution in [3.05, 3.63) is 35.8 Å². The molecule has 9 heteroatoms. The van der Waals surface area contributed by atoms with Crippen molar-refractivity contribution in [2.75, 3.05) is 30.3 Å². The molecule has 0 aromatic carbocycles. The average Bonchev–Trinajstić information content (AvgIpc) is 2.67. The predicted molar refractivity (Wildman–Crippen MR) is 90.5 cm³/mol. The van der Waals surface area contributed by atoms with Crippen LogP contribution in [0, 0.1) is 17.2 Å². The van der Waals surface area contributed by atoms with Gasteiger partial charge >= 0.3 is 0 Å². The summed E-state index contributed by atoms with van der Waals surface area (Å²) in [4.78, 5) is 22.5. The van der Waals surface area contributed by atoms with Crippen molar-refractivity contribution < 1.29 is 4.79 Å². The van der Waals surface area contributed by atoms with Crippen molar-refractivity contribution in [2.24, 2.45) is 5.92 Å². The number of carbonyl (C=O) groups is 1. The van der Waals surface area contributed by atoms with E-state index in [0.29, 0.717) is 24.0 Å². The van der Waals surface area contributed by atoms with E-state index in [0.717, 1.165) is 25.9 Å². The zero-order chi connectivity index (χ0) is 17.6. The summed E-state index contributed by atoms with van der Waals surface area (Å²) in [7, 11) is 0. The van der Waals surface area contributed by atoms with Gasteiger partial charge in [0.25, 0.3) is 5.91 Å². The molecular formula is C16H18N8O. The van der Waals surface area contributed by atoms with Gasteiger partial charge in [-0.1, -0.05) is 0 Å². The van der Waals surface area contributed by atoms with Crippen LogP contribution < -0.4 is 16.0 Å². The molecule has 0 unspecified atom stereocenters. The van der Waals surface area contributed by atoms with Crippen LogP contribution in [-0.4, -0.2) is 45.7 Å². The third-order valence-corrected chi connectivity index (χ3v) is 4.22. The Labute approximate surface area is 144 Å². The number of nitrogen functional groups attached to an aromatic ring is 1. The molecule has 0 saturated carbocycles. The van der Waals surface area contributed by atoms with Crippen LogP contribution in [0.15, 0.2) is 24.7 Å². The second kappa shape index (κ2) is 7.53. The van der Waals surface area contributed by atoms with Crippen LogP contribution in [0.2, 0.25) is 0 Å². The minimum atomic E-state index is -0.138. The Bertz CT molecular complexity index is 780. The fourth-order valence-corrected chi connectivity index (χ4v) is 2.72. The van der Waals surface area contributed by atoms with E-state index in [1.165, 1.54) is 18.6 Å². The standard InChI is InChI=1S/C16H18N8O/c17-7-13-9-20-16(23-14(13)18)24-5-2-11(3-6-24)8-19-15(25)12-1-4-21-22-10-12/h1,4,9-11H,2-3,5-6,8H2,(H,19,25)(H2,18,20,23). The van der Waals surface area contributed by atoms with E-state index in [2.05, 4.69) is 25.5 Å². The summed E-state index contributed by atoms with van der Waals surface area (Å²) in [5, 5.41) is 19.2. The SMILES string of the molecule is N#Cc1cnc(N2CCC(CNC(=O)c3ccnnc3)CC2)nc1N. The molecular weight excluding hydrogens is 320 g/mol. The first kappa shape index (κ1) is 16.6. The lowest BCUT2D eigenvalue weighted by molar-refractivity contribution is 0.0944. The van der Waals surface area contributed by atoms with Crippen molar-refractivity contribution in [3.63, 3.8) is 0 Å². The zero-order valence-corrected chi connectivity index (χ0v) is 13.6. The minimum Gasteiger partial charge on any atom is -0.382 e. The van der Waals surface area contributed by atoms with Gasteiger partial charge in [-0.15, -0.1) is 0 Å². The highest BCUT2D eigenvalue weighted by Gasteiger charge is 2.22. The summed E-state index contributed by atoms with van der Waals surface area (Å²) in [6.45, 7) is 2.18. The number of nitrogens with zero attached hydrogens (tertiary/aromatic N) is 6. The van der Waals surface area contributed by atoms with Crippen LogP contribution in [0.25, 0.3) is 0 Å². The van der Waals surface area contributed by atoms with Crippen molar-refractivity contribution in [2.45, 2.75) is 12.8 Å². The highest BCUT2D eigenvalue weighted by Crippen LogP contribution is 2.21. The van der Waals surface area contributed by atoms with Crippen molar-refractivity contribution in [3.8, 4) is 6.07 Å². The molecule has 128 valence electrons. The molecule has 0 radical (unpaired) electrons. The monoisotopic (exact) mass is 338 g/mol. The minimum absolute atomic E-state index is 0.138. The van der Waals surface area contributed by atoms with Crippen molar-refractivity contribution in [1.82, 2.24) is 25.5 Å². The molecule has 2 aromatic rings. The molecule has 0 atom stereocenters. The number of nitrogens with one attached hydrogen (secondary N) is 1. The molecule has 1 amide bonds. The van der Waals surface area contributed by atoms with Gasteiger partial charge in [0.05, 0.1) is 24.2 Å². The number of piperidine rings is 1. The van der Waals surface area contributed by atoms with Gasteiger partial charge in [0.2, 0.25) is 5.95 Å². The van der Waals surface area contributed by atoms with Gasteiger partial charge in [0.1, 0.15) is 17.5 Å². The Hall–Kier alpha value is -3.28. The molecule has 3 rings (SSSR count). The van der Waals surface area contributed by atoms with Gasteiger partial charge in [-0.25, -0.2) is 4.98 Å². The summed E-state index contributed by atoms with van der Waals surface area (Å²) in [6.07, 6.45) is 6.23. The first-order chi connectivity index (χ1) is 12.2. The molecule has 25 heavy (non-hydrogen) atoms. The number of carbonyl (C=O) groups excluding carboxylic acids is 1. The van der Waals surface area contributed by atoms with E-state index in [-0.39, 0.29) is 17.3 Å². The van der Waals surface area contributed by atoms with E-state index in [1.54, 1.807) is 6.07 Å². The van der Waals surface area contributed by atoms with Crippen molar-refractivity contribution >= 4 is 17.7 Å². The molecule has 0 aliphatic carbocycles.